The van der Waals surface area contributed by atoms with Crippen LogP contribution in [0.4, 0.5) is 5.69 Å². The number of nitrogens with one attached hydrogen (secondary N) is 1. The van der Waals surface area contributed by atoms with E-state index in [1.807, 2.05) is 12.1 Å². The molecule has 0 radical (unpaired) electrons. The summed E-state index contributed by atoms with van der Waals surface area (Å²) in [4.78, 5) is 0.293. The molecule has 25 heavy (non-hydrogen) atoms. The highest BCUT2D eigenvalue weighted by molar-refractivity contribution is 7.90. The maximum Gasteiger partial charge on any atom is 0.286 e. The summed E-state index contributed by atoms with van der Waals surface area (Å²) in [5.41, 5.74) is 1.69. The molecule has 0 saturated heterocycles. The number of sulfonamides is 1. The maximum absolute atomic E-state index is 12.4. The highest BCUT2D eigenvalue weighted by Crippen LogP contribution is 2.42. The smallest absolute Gasteiger partial charge is 0.286 e. The van der Waals surface area contributed by atoms with E-state index in [-0.39, 0.29) is 5.92 Å². The van der Waals surface area contributed by atoms with Crippen molar-refractivity contribution in [1.82, 2.24) is 0 Å². The summed E-state index contributed by atoms with van der Waals surface area (Å²) in [6.45, 7) is 1.67. The molecule has 0 bridgehead atoms. The molecule has 132 valence electrons. The van der Waals surface area contributed by atoms with Gasteiger partial charge in [0, 0.05) is 5.92 Å². The molecule has 3 aliphatic rings. The van der Waals surface area contributed by atoms with Crippen LogP contribution in [-0.2, 0) is 10.0 Å². The molecule has 1 aromatic rings. The predicted octanol–water partition coefficient (Wildman–Crippen LogP) is 4.63. The van der Waals surface area contributed by atoms with Crippen LogP contribution < -0.4 is 5.32 Å². The SMILES string of the molecule is CC1=NS(=O)(=O)c2cc(C3C=CC=CC3C3CCCCC3)ccc2N1. The molecule has 0 amide bonds. The van der Waals surface area contributed by atoms with Crippen LogP contribution in [0.5, 0.6) is 0 Å². The van der Waals surface area contributed by atoms with Crippen molar-refractivity contribution in [3.63, 3.8) is 0 Å². The van der Waals surface area contributed by atoms with Crippen LogP contribution in [0.15, 0.2) is 51.8 Å². The molecule has 0 aromatic heterocycles. The molecule has 2 aliphatic carbocycles. The van der Waals surface area contributed by atoms with Crippen LogP contribution in [0.2, 0.25) is 0 Å². The molecule has 1 aromatic carbocycles. The van der Waals surface area contributed by atoms with E-state index in [0.29, 0.717) is 28.3 Å². The molecule has 1 fully saturated rings. The number of anilines is 1. The molecule has 2 unspecified atom stereocenters. The third-order valence-electron chi connectivity index (χ3n) is 5.61. The molecule has 4 rings (SSSR count). The number of benzene rings is 1. The van der Waals surface area contributed by atoms with Crippen LogP contribution in [0.1, 0.15) is 50.5 Å². The summed E-state index contributed by atoms with van der Waals surface area (Å²) in [5, 5.41) is 3.06. The topological polar surface area (TPSA) is 58.5 Å². The van der Waals surface area contributed by atoms with E-state index in [0.717, 1.165) is 5.56 Å². The Morgan fingerprint density at radius 2 is 1.84 bits per heavy atom. The fraction of sp³-hybridized carbons (Fsp3) is 0.450. The van der Waals surface area contributed by atoms with Crippen molar-refractivity contribution in [2.45, 2.75) is 49.8 Å². The minimum absolute atomic E-state index is 0.237. The third-order valence-corrected chi connectivity index (χ3v) is 7.02. The van der Waals surface area contributed by atoms with Crippen molar-refractivity contribution >= 4 is 21.5 Å². The standard InChI is InChI=1S/C20H24N2O2S/c1-14-21-19-12-11-16(13-20(19)25(23,24)22-14)18-10-6-5-9-17(18)15-7-3-2-4-8-15/h5-6,9-13,15,17-18H,2-4,7-8H2,1H3,(H,21,22). The Morgan fingerprint density at radius 1 is 1.08 bits per heavy atom. The van der Waals surface area contributed by atoms with Crippen molar-refractivity contribution < 1.29 is 8.42 Å². The first-order valence-electron chi connectivity index (χ1n) is 9.12. The lowest BCUT2D eigenvalue weighted by Crippen LogP contribution is -2.24. The summed E-state index contributed by atoms with van der Waals surface area (Å²) < 4.78 is 28.7. The first-order valence-corrected chi connectivity index (χ1v) is 10.6. The summed E-state index contributed by atoms with van der Waals surface area (Å²) >= 11 is 0. The van der Waals surface area contributed by atoms with Crippen LogP contribution in [0, 0.1) is 11.8 Å². The summed E-state index contributed by atoms with van der Waals surface area (Å²) in [6.07, 6.45) is 15.3. The minimum atomic E-state index is -3.61. The Labute approximate surface area is 149 Å². The average molecular weight is 356 g/mol. The van der Waals surface area contributed by atoms with Crippen molar-refractivity contribution in [2.75, 3.05) is 5.32 Å². The predicted molar refractivity (Wildman–Crippen MR) is 101 cm³/mol. The van der Waals surface area contributed by atoms with Gasteiger partial charge in [0.2, 0.25) is 0 Å². The zero-order valence-corrected chi connectivity index (χ0v) is 15.3. The zero-order chi connectivity index (χ0) is 17.4. The molecular weight excluding hydrogens is 332 g/mol. The van der Waals surface area contributed by atoms with Gasteiger partial charge in [0.05, 0.1) is 5.69 Å². The van der Waals surface area contributed by atoms with E-state index in [2.05, 4.69) is 40.1 Å². The van der Waals surface area contributed by atoms with Crippen molar-refractivity contribution in [3.8, 4) is 0 Å². The van der Waals surface area contributed by atoms with E-state index in [1.54, 1.807) is 6.92 Å². The van der Waals surface area contributed by atoms with Gasteiger partial charge in [0.25, 0.3) is 10.0 Å². The Balaban J connectivity index is 1.70. The second kappa shape index (κ2) is 6.45. The number of fused-ring (bicyclic) bond motifs is 1. The molecule has 1 N–H and O–H groups in total. The van der Waals surface area contributed by atoms with Gasteiger partial charge < -0.3 is 5.32 Å². The van der Waals surface area contributed by atoms with E-state index >= 15 is 0 Å². The van der Waals surface area contributed by atoms with Gasteiger partial charge in [0.1, 0.15) is 10.7 Å². The molecule has 1 heterocycles. The van der Waals surface area contributed by atoms with Gasteiger partial charge >= 0.3 is 0 Å². The molecule has 2 atom stereocenters. The monoisotopic (exact) mass is 356 g/mol. The van der Waals surface area contributed by atoms with Crippen LogP contribution in [0.25, 0.3) is 0 Å². The van der Waals surface area contributed by atoms with Crippen LogP contribution in [-0.4, -0.2) is 14.3 Å². The molecule has 0 spiro atoms. The Bertz CT molecular complexity index is 862. The second-order valence-corrected chi connectivity index (χ2v) is 8.88. The highest BCUT2D eigenvalue weighted by atomic mass is 32.2. The Morgan fingerprint density at radius 3 is 2.64 bits per heavy atom. The molecule has 5 heteroatoms. The fourth-order valence-corrected chi connectivity index (χ4v) is 5.62. The van der Waals surface area contributed by atoms with E-state index in [9.17, 15) is 8.42 Å². The fourth-order valence-electron chi connectivity index (χ4n) is 4.44. The second-order valence-electron chi connectivity index (χ2n) is 7.30. The first-order chi connectivity index (χ1) is 12.0. The molecule has 1 saturated carbocycles. The van der Waals surface area contributed by atoms with Gasteiger partial charge in [0.15, 0.2) is 0 Å². The number of hydrogen-bond donors (Lipinski definition) is 1. The Kier molecular flexibility index (Phi) is 4.28. The maximum atomic E-state index is 12.4. The van der Waals surface area contributed by atoms with Gasteiger partial charge in [-0.1, -0.05) is 49.6 Å². The lowest BCUT2D eigenvalue weighted by Gasteiger charge is -2.34. The van der Waals surface area contributed by atoms with Crippen molar-refractivity contribution in [3.05, 3.63) is 48.1 Å². The third kappa shape index (κ3) is 3.17. The van der Waals surface area contributed by atoms with Gasteiger partial charge in [-0.25, -0.2) is 0 Å². The lowest BCUT2D eigenvalue weighted by molar-refractivity contribution is 0.269. The molecule has 4 nitrogen and oxygen atoms in total. The zero-order valence-electron chi connectivity index (χ0n) is 14.5. The van der Waals surface area contributed by atoms with E-state index < -0.39 is 10.0 Å². The van der Waals surface area contributed by atoms with Gasteiger partial charge in [-0.3, -0.25) is 0 Å². The quantitative estimate of drug-likeness (QED) is 0.841. The normalized spacial score (nSPS) is 28.1. The van der Waals surface area contributed by atoms with Gasteiger partial charge in [-0.2, -0.15) is 8.42 Å². The number of rotatable bonds is 2. The summed E-state index contributed by atoms with van der Waals surface area (Å²) in [7, 11) is -3.61. The van der Waals surface area contributed by atoms with Crippen molar-refractivity contribution in [1.29, 1.82) is 0 Å². The number of amidine groups is 1. The van der Waals surface area contributed by atoms with E-state index in [1.165, 1.54) is 32.1 Å². The Hall–Kier alpha value is -1.88. The van der Waals surface area contributed by atoms with Gasteiger partial charge in [-0.05, 0) is 49.3 Å². The minimum Gasteiger partial charge on any atom is -0.342 e. The molecule has 1 aliphatic heterocycles. The summed E-state index contributed by atoms with van der Waals surface area (Å²) in [5.74, 6) is 1.79. The molecular formula is C20H24N2O2S. The first kappa shape index (κ1) is 16.6. The van der Waals surface area contributed by atoms with Gasteiger partial charge in [-0.15, -0.1) is 4.40 Å². The lowest BCUT2D eigenvalue weighted by atomic mass is 9.70. The average Bonchev–Trinajstić information content (AvgIpc) is 2.61. The van der Waals surface area contributed by atoms with Crippen LogP contribution in [0.3, 0.4) is 0 Å². The largest absolute Gasteiger partial charge is 0.342 e. The summed E-state index contributed by atoms with van der Waals surface area (Å²) in [6, 6.07) is 5.76. The van der Waals surface area contributed by atoms with Crippen molar-refractivity contribution in [2.24, 2.45) is 16.2 Å². The number of allylic oxidation sites excluding steroid dienone is 4. The number of nitrogens with zero attached hydrogens (tertiary/aromatic N) is 1. The van der Waals surface area contributed by atoms with E-state index in [4.69, 9.17) is 0 Å². The number of hydrogen-bond acceptors (Lipinski definition) is 3. The van der Waals surface area contributed by atoms with Crippen LogP contribution >= 0.6 is 0 Å². The highest BCUT2D eigenvalue weighted by Gasteiger charge is 2.31.